The molecule has 2 N–H and O–H groups in total. The Kier molecular flexibility index (Phi) is 4.63. The van der Waals surface area contributed by atoms with Crippen molar-refractivity contribution in [2.45, 2.75) is 32.4 Å². The summed E-state index contributed by atoms with van der Waals surface area (Å²) in [5.74, 6) is 0.123. The zero-order valence-corrected chi connectivity index (χ0v) is 13.9. The third-order valence-electron chi connectivity index (χ3n) is 3.02. The van der Waals surface area contributed by atoms with Crippen LogP contribution in [0.15, 0.2) is 22.7 Å². The number of alkyl halides is 3. The molecular weight excluding hydrogens is 365 g/mol. The van der Waals surface area contributed by atoms with Gasteiger partial charge in [-0.05, 0) is 23.6 Å². The van der Waals surface area contributed by atoms with Gasteiger partial charge in [0.1, 0.15) is 0 Å². The van der Waals surface area contributed by atoms with Gasteiger partial charge in [0.25, 0.3) is 0 Å². The molecular formula is C14H14BrF3N2S. The molecule has 0 aliphatic rings. The Labute approximate surface area is 133 Å². The third kappa shape index (κ3) is 3.77. The standard InChI is InChI=1S/C14H14BrF3N2S/c1-7(2)12-11(21-13(19)20-12)5-8-3-4-9(15)6-10(8)14(16,17)18/h3-4,6-7H,5H2,1-2H3,(H2,19,20). The van der Waals surface area contributed by atoms with E-state index in [4.69, 9.17) is 5.73 Å². The predicted octanol–water partition coefficient (Wildman–Crippen LogP) is 5.22. The summed E-state index contributed by atoms with van der Waals surface area (Å²) in [4.78, 5) is 5.01. The fourth-order valence-corrected chi connectivity index (χ4v) is 3.47. The van der Waals surface area contributed by atoms with Gasteiger partial charge in [-0.2, -0.15) is 13.2 Å². The zero-order valence-electron chi connectivity index (χ0n) is 11.5. The van der Waals surface area contributed by atoms with E-state index < -0.39 is 11.7 Å². The second-order valence-corrected chi connectivity index (χ2v) is 7.02. The number of rotatable bonds is 3. The lowest BCUT2D eigenvalue weighted by atomic mass is 10.0. The minimum atomic E-state index is -4.38. The van der Waals surface area contributed by atoms with Crippen molar-refractivity contribution in [3.63, 3.8) is 0 Å². The van der Waals surface area contributed by atoms with Gasteiger partial charge in [-0.15, -0.1) is 11.3 Å². The molecule has 2 aromatic rings. The lowest BCUT2D eigenvalue weighted by Gasteiger charge is -2.13. The molecule has 0 saturated heterocycles. The summed E-state index contributed by atoms with van der Waals surface area (Å²) in [7, 11) is 0. The van der Waals surface area contributed by atoms with Gasteiger partial charge in [-0.3, -0.25) is 0 Å². The topological polar surface area (TPSA) is 38.9 Å². The van der Waals surface area contributed by atoms with Crippen molar-refractivity contribution in [1.82, 2.24) is 4.98 Å². The molecule has 0 bridgehead atoms. The summed E-state index contributed by atoms with van der Waals surface area (Å²) in [5.41, 5.74) is 6.07. The Hall–Kier alpha value is -1.08. The van der Waals surface area contributed by atoms with E-state index in [2.05, 4.69) is 20.9 Å². The van der Waals surface area contributed by atoms with E-state index in [-0.39, 0.29) is 17.9 Å². The van der Waals surface area contributed by atoms with Crippen LogP contribution in [0.1, 0.15) is 41.5 Å². The van der Waals surface area contributed by atoms with Crippen molar-refractivity contribution in [2.75, 3.05) is 5.73 Å². The highest BCUT2D eigenvalue weighted by atomic mass is 79.9. The summed E-state index contributed by atoms with van der Waals surface area (Å²) in [5, 5.41) is 0.388. The Morgan fingerprint density at radius 2 is 2.00 bits per heavy atom. The maximum absolute atomic E-state index is 13.1. The van der Waals surface area contributed by atoms with Gasteiger partial charge in [0, 0.05) is 15.8 Å². The monoisotopic (exact) mass is 378 g/mol. The van der Waals surface area contributed by atoms with Crippen molar-refractivity contribution >= 4 is 32.4 Å². The van der Waals surface area contributed by atoms with Gasteiger partial charge in [0.15, 0.2) is 5.13 Å². The SMILES string of the molecule is CC(C)c1nc(N)sc1Cc1ccc(Br)cc1C(F)(F)F. The average molecular weight is 379 g/mol. The maximum atomic E-state index is 13.1. The summed E-state index contributed by atoms with van der Waals surface area (Å²) in [6.07, 6.45) is -4.20. The van der Waals surface area contributed by atoms with E-state index in [1.165, 1.54) is 17.4 Å². The number of hydrogen-bond donors (Lipinski definition) is 1. The fourth-order valence-electron chi connectivity index (χ4n) is 2.10. The van der Waals surface area contributed by atoms with Crippen molar-refractivity contribution in [2.24, 2.45) is 0 Å². The summed E-state index contributed by atoms with van der Waals surface area (Å²) >= 11 is 4.33. The molecule has 1 aromatic heterocycles. The van der Waals surface area contributed by atoms with E-state index in [9.17, 15) is 13.2 Å². The van der Waals surface area contributed by atoms with Crippen molar-refractivity contribution in [3.8, 4) is 0 Å². The number of anilines is 1. The van der Waals surface area contributed by atoms with Crippen molar-refractivity contribution in [3.05, 3.63) is 44.4 Å². The van der Waals surface area contributed by atoms with Gasteiger partial charge < -0.3 is 5.73 Å². The molecule has 0 spiro atoms. The van der Waals surface area contributed by atoms with Gasteiger partial charge in [-0.1, -0.05) is 35.8 Å². The third-order valence-corrected chi connectivity index (χ3v) is 4.41. The molecule has 21 heavy (non-hydrogen) atoms. The van der Waals surface area contributed by atoms with Crippen LogP contribution < -0.4 is 5.73 Å². The first-order chi connectivity index (χ1) is 9.68. The van der Waals surface area contributed by atoms with E-state index >= 15 is 0 Å². The van der Waals surface area contributed by atoms with Crippen LogP contribution in [-0.4, -0.2) is 4.98 Å². The largest absolute Gasteiger partial charge is 0.416 e. The number of benzene rings is 1. The Morgan fingerprint density at radius 1 is 1.33 bits per heavy atom. The molecule has 0 aliphatic heterocycles. The van der Waals surface area contributed by atoms with E-state index in [1.54, 1.807) is 6.07 Å². The molecule has 7 heteroatoms. The number of thiazole rings is 1. The molecule has 0 unspecified atom stereocenters. The second-order valence-electron chi connectivity index (χ2n) is 4.99. The van der Waals surface area contributed by atoms with Crippen LogP contribution >= 0.6 is 27.3 Å². The summed E-state index contributed by atoms with van der Waals surface area (Å²) in [6, 6.07) is 4.21. The minimum absolute atomic E-state index is 0.123. The first-order valence-electron chi connectivity index (χ1n) is 6.29. The molecule has 114 valence electrons. The van der Waals surface area contributed by atoms with Crippen LogP contribution in [-0.2, 0) is 12.6 Å². The molecule has 0 fully saturated rings. The van der Waals surface area contributed by atoms with Crippen LogP contribution in [0.25, 0.3) is 0 Å². The molecule has 2 rings (SSSR count). The first-order valence-corrected chi connectivity index (χ1v) is 7.90. The number of hydrogen-bond acceptors (Lipinski definition) is 3. The maximum Gasteiger partial charge on any atom is 0.416 e. The first kappa shape index (κ1) is 16.3. The predicted molar refractivity (Wildman–Crippen MR) is 82.6 cm³/mol. The molecule has 0 aliphatic carbocycles. The smallest absolute Gasteiger partial charge is 0.375 e. The lowest BCUT2D eigenvalue weighted by Crippen LogP contribution is -2.10. The number of nitrogen functional groups attached to an aromatic ring is 1. The highest BCUT2D eigenvalue weighted by Gasteiger charge is 2.33. The van der Waals surface area contributed by atoms with Crippen LogP contribution in [0.3, 0.4) is 0 Å². The number of nitrogens with zero attached hydrogens (tertiary/aromatic N) is 1. The van der Waals surface area contributed by atoms with Gasteiger partial charge >= 0.3 is 6.18 Å². The lowest BCUT2D eigenvalue weighted by molar-refractivity contribution is -0.138. The quantitative estimate of drug-likeness (QED) is 0.794. The zero-order chi connectivity index (χ0) is 15.8. The number of halogens is 4. The second kappa shape index (κ2) is 5.96. The highest BCUT2D eigenvalue weighted by Crippen LogP contribution is 2.36. The fraction of sp³-hybridized carbons (Fsp3) is 0.357. The molecule has 0 amide bonds. The van der Waals surface area contributed by atoms with E-state index in [0.717, 1.165) is 16.6 Å². The molecule has 1 heterocycles. The molecule has 0 radical (unpaired) electrons. The average Bonchev–Trinajstić information content (AvgIpc) is 2.71. The van der Waals surface area contributed by atoms with Crippen LogP contribution in [0, 0.1) is 0 Å². The summed E-state index contributed by atoms with van der Waals surface area (Å²) < 4.78 is 39.8. The minimum Gasteiger partial charge on any atom is -0.375 e. The van der Waals surface area contributed by atoms with Crippen LogP contribution in [0.4, 0.5) is 18.3 Å². The van der Waals surface area contributed by atoms with Gasteiger partial charge in [0.2, 0.25) is 0 Å². The van der Waals surface area contributed by atoms with Gasteiger partial charge in [0.05, 0.1) is 11.3 Å². The number of aromatic nitrogens is 1. The Balaban J connectivity index is 2.45. The number of nitrogens with two attached hydrogens (primary N) is 1. The van der Waals surface area contributed by atoms with E-state index in [0.29, 0.717) is 9.60 Å². The molecule has 0 atom stereocenters. The van der Waals surface area contributed by atoms with Crippen LogP contribution in [0.2, 0.25) is 0 Å². The van der Waals surface area contributed by atoms with Crippen molar-refractivity contribution < 1.29 is 13.2 Å². The van der Waals surface area contributed by atoms with Crippen LogP contribution in [0.5, 0.6) is 0 Å². The van der Waals surface area contributed by atoms with E-state index in [1.807, 2.05) is 13.8 Å². The normalized spacial score (nSPS) is 12.1. The Morgan fingerprint density at radius 3 is 2.57 bits per heavy atom. The van der Waals surface area contributed by atoms with Gasteiger partial charge in [-0.25, -0.2) is 4.98 Å². The molecule has 2 nitrogen and oxygen atoms in total. The molecule has 0 saturated carbocycles. The highest BCUT2D eigenvalue weighted by molar-refractivity contribution is 9.10. The molecule has 1 aromatic carbocycles. The van der Waals surface area contributed by atoms with Crippen molar-refractivity contribution in [1.29, 1.82) is 0 Å². The summed E-state index contributed by atoms with van der Waals surface area (Å²) in [6.45, 7) is 3.90. The Bertz CT molecular complexity index is 650.